The van der Waals surface area contributed by atoms with E-state index < -0.39 is 77.2 Å². The van der Waals surface area contributed by atoms with E-state index in [0.29, 0.717) is 13.0 Å². The first-order valence-electron chi connectivity index (χ1n) is 11.1. The quantitative estimate of drug-likeness (QED) is 0.378. The number of carbonyl (C=O) groups is 2. The summed E-state index contributed by atoms with van der Waals surface area (Å²) in [5.41, 5.74) is 0.723. The van der Waals surface area contributed by atoms with Gasteiger partial charge < -0.3 is 25.7 Å². The van der Waals surface area contributed by atoms with Crippen molar-refractivity contribution in [3.63, 3.8) is 0 Å². The van der Waals surface area contributed by atoms with Gasteiger partial charge in [0, 0.05) is 29.5 Å². The molecule has 184 valence electrons. The van der Waals surface area contributed by atoms with Crippen molar-refractivity contribution in [2.45, 2.75) is 37.6 Å². The number of amides is 2. The molecule has 2 amide bonds. The third-order valence-corrected chi connectivity index (χ3v) is 5.91. The number of nitrogens with zero attached hydrogens (tertiary/aromatic N) is 1. The van der Waals surface area contributed by atoms with Crippen LogP contribution in [-0.2, 0) is 9.53 Å². The molecule has 8 nitrogen and oxygen atoms in total. The van der Waals surface area contributed by atoms with Crippen LogP contribution in [-0.4, -0.2) is 36.7 Å². The Hall–Kier alpha value is -3.48. The number of anilines is 1. The lowest BCUT2D eigenvalue weighted by Gasteiger charge is -2.32. The van der Waals surface area contributed by atoms with Gasteiger partial charge in [-0.15, -0.1) is 0 Å². The molecule has 1 aromatic heterocycles. The number of methoxy groups -OCH3 is 1. The van der Waals surface area contributed by atoms with Crippen molar-refractivity contribution in [1.82, 2.24) is 0 Å². The van der Waals surface area contributed by atoms with E-state index in [0.717, 1.165) is 31.3 Å². The molecular formula is C21H20F5N3O5. The van der Waals surface area contributed by atoms with Crippen molar-refractivity contribution in [3.05, 3.63) is 58.6 Å². The SMILES string of the molecule is [2H]C([2H])([2H])Oc1c([C@H]2[C@@H](C(=O)Nc3cc[n+]([O-])c(C(N)=O)c3)O[C@](C)(C(F)(F)F)[C@H]2C)ccc(F)c1F. The zero-order chi connectivity index (χ0) is 28.1. The fourth-order valence-corrected chi connectivity index (χ4v) is 3.89. The van der Waals surface area contributed by atoms with Gasteiger partial charge in [0.1, 0.15) is 6.10 Å². The van der Waals surface area contributed by atoms with Gasteiger partial charge in [0.25, 0.3) is 11.6 Å². The summed E-state index contributed by atoms with van der Waals surface area (Å²) < 4.78 is 102. The summed E-state index contributed by atoms with van der Waals surface area (Å²) in [6, 6.07) is 3.24. The van der Waals surface area contributed by atoms with Crippen molar-refractivity contribution >= 4 is 17.5 Å². The number of benzene rings is 1. The number of nitrogens with one attached hydrogen (secondary N) is 1. The number of rotatable bonds is 5. The van der Waals surface area contributed by atoms with Crippen LogP contribution in [0.5, 0.6) is 5.75 Å². The Morgan fingerprint density at radius 2 is 2.00 bits per heavy atom. The van der Waals surface area contributed by atoms with Gasteiger partial charge >= 0.3 is 12.1 Å². The number of nitrogens with two attached hydrogens (primary N) is 1. The highest BCUT2D eigenvalue weighted by Crippen LogP contribution is 2.55. The van der Waals surface area contributed by atoms with E-state index in [1.165, 1.54) is 0 Å². The maximum atomic E-state index is 14.6. The van der Waals surface area contributed by atoms with E-state index in [4.69, 9.17) is 14.6 Å². The van der Waals surface area contributed by atoms with E-state index in [-0.39, 0.29) is 10.4 Å². The third-order valence-electron chi connectivity index (χ3n) is 5.91. The molecular weight excluding hydrogens is 469 g/mol. The molecule has 0 aliphatic carbocycles. The van der Waals surface area contributed by atoms with E-state index in [9.17, 15) is 36.7 Å². The maximum absolute atomic E-state index is 14.6. The lowest BCUT2D eigenvalue weighted by molar-refractivity contribution is -0.607. The van der Waals surface area contributed by atoms with Gasteiger partial charge in [0.2, 0.25) is 5.82 Å². The molecule has 13 heteroatoms. The highest BCUT2D eigenvalue weighted by molar-refractivity contribution is 5.97. The molecule has 0 bridgehead atoms. The maximum Gasteiger partial charge on any atom is 0.417 e. The second-order valence-electron chi connectivity index (χ2n) is 7.82. The van der Waals surface area contributed by atoms with Gasteiger partial charge in [0.15, 0.2) is 23.4 Å². The minimum absolute atomic E-state index is 0.0926. The predicted octanol–water partition coefficient (Wildman–Crippen LogP) is 2.78. The summed E-state index contributed by atoms with van der Waals surface area (Å²) in [6.07, 6.45) is -6.28. The monoisotopic (exact) mass is 492 g/mol. The van der Waals surface area contributed by atoms with Gasteiger partial charge in [-0.3, -0.25) is 9.59 Å². The number of carbonyl (C=O) groups excluding carboxylic acids is 2. The number of halogens is 5. The molecule has 0 saturated carbocycles. The number of alkyl halides is 3. The predicted molar refractivity (Wildman–Crippen MR) is 107 cm³/mol. The molecule has 0 radical (unpaired) electrons. The second kappa shape index (κ2) is 8.70. The van der Waals surface area contributed by atoms with Crippen LogP contribution in [0.1, 0.15) is 39.9 Å². The lowest BCUT2D eigenvalue weighted by Crippen LogP contribution is -2.47. The van der Waals surface area contributed by atoms with Gasteiger partial charge in [-0.1, -0.05) is 13.0 Å². The van der Waals surface area contributed by atoms with Crippen LogP contribution in [0.15, 0.2) is 30.5 Å². The number of hydrogen-bond donors (Lipinski definition) is 2. The van der Waals surface area contributed by atoms with Crippen molar-refractivity contribution in [2.75, 3.05) is 12.4 Å². The van der Waals surface area contributed by atoms with Gasteiger partial charge in [0.05, 0.1) is 16.8 Å². The summed E-state index contributed by atoms with van der Waals surface area (Å²) in [6.45, 7) is 1.69. The molecule has 1 saturated heterocycles. The number of aromatic nitrogens is 1. The van der Waals surface area contributed by atoms with Crippen LogP contribution in [0.4, 0.5) is 27.6 Å². The topological polar surface area (TPSA) is 118 Å². The summed E-state index contributed by atoms with van der Waals surface area (Å²) in [4.78, 5) is 24.6. The van der Waals surface area contributed by atoms with Gasteiger partial charge in [-0.05, 0) is 13.0 Å². The Bertz CT molecular complexity index is 1240. The average Bonchev–Trinajstić information content (AvgIpc) is 3.04. The Kier molecular flexibility index (Phi) is 5.40. The normalized spacial score (nSPS) is 26.3. The molecule has 1 aromatic carbocycles. The van der Waals surface area contributed by atoms with Crippen molar-refractivity contribution < 1.29 is 49.9 Å². The molecule has 4 atom stereocenters. The van der Waals surface area contributed by atoms with Crippen LogP contribution in [0.3, 0.4) is 0 Å². The molecule has 1 fully saturated rings. The number of pyridine rings is 1. The zero-order valence-corrected chi connectivity index (χ0v) is 17.6. The number of hydrogen-bond acceptors (Lipinski definition) is 5. The van der Waals surface area contributed by atoms with E-state index >= 15 is 0 Å². The number of ether oxygens (including phenoxy) is 2. The molecule has 2 heterocycles. The molecule has 0 spiro atoms. The van der Waals surface area contributed by atoms with Crippen molar-refractivity contribution in [2.24, 2.45) is 11.7 Å². The van der Waals surface area contributed by atoms with Crippen LogP contribution < -0.4 is 20.5 Å². The summed E-state index contributed by atoms with van der Waals surface area (Å²) in [5, 5.41) is 13.9. The fourth-order valence-electron chi connectivity index (χ4n) is 3.89. The van der Waals surface area contributed by atoms with Gasteiger partial charge in [-0.2, -0.15) is 22.3 Å². The van der Waals surface area contributed by atoms with Crippen LogP contribution in [0.25, 0.3) is 0 Å². The molecule has 0 unspecified atom stereocenters. The Morgan fingerprint density at radius 3 is 2.59 bits per heavy atom. The standard InChI is InChI=1S/C21H20F5N3O5/c1-9-14(11-4-5-12(22)15(23)16(11)33-3)17(34-20(9,2)21(24,25)26)19(31)28-10-6-7-29(32)13(8-10)18(27)30/h4-9,14,17H,1-3H3,(H2,27,30)(H,28,31)/t9-,14-,17-,20-/m0/s1/i3D3. The van der Waals surface area contributed by atoms with Crippen molar-refractivity contribution in [1.29, 1.82) is 0 Å². The van der Waals surface area contributed by atoms with E-state index in [1.54, 1.807) is 0 Å². The summed E-state index contributed by atoms with van der Waals surface area (Å²) >= 11 is 0. The summed E-state index contributed by atoms with van der Waals surface area (Å²) in [5.74, 6) is -10.2. The molecule has 2 aromatic rings. The van der Waals surface area contributed by atoms with Gasteiger partial charge in [-0.25, -0.2) is 4.39 Å². The Labute approximate surface area is 194 Å². The Morgan fingerprint density at radius 1 is 1.32 bits per heavy atom. The third kappa shape index (κ3) is 4.11. The first kappa shape index (κ1) is 21.1. The van der Waals surface area contributed by atoms with E-state index in [1.807, 2.05) is 0 Å². The van der Waals surface area contributed by atoms with Crippen LogP contribution >= 0.6 is 0 Å². The molecule has 1 aliphatic rings. The molecule has 1 aliphatic heterocycles. The molecule has 34 heavy (non-hydrogen) atoms. The van der Waals surface area contributed by atoms with Crippen molar-refractivity contribution in [3.8, 4) is 5.75 Å². The highest BCUT2D eigenvalue weighted by Gasteiger charge is 2.65. The molecule has 3 rings (SSSR count). The average molecular weight is 492 g/mol. The first-order valence-corrected chi connectivity index (χ1v) is 9.62. The van der Waals surface area contributed by atoms with E-state index in [2.05, 4.69) is 10.1 Å². The number of primary amides is 1. The minimum atomic E-state index is -5.05. The second-order valence-corrected chi connectivity index (χ2v) is 7.82. The Balaban J connectivity index is 2.13. The minimum Gasteiger partial charge on any atom is -0.618 e. The highest BCUT2D eigenvalue weighted by atomic mass is 19.4. The largest absolute Gasteiger partial charge is 0.618 e. The fraction of sp³-hybridized carbons (Fsp3) is 0.381. The van der Waals surface area contributed by atoms with Crippen LogP contribution in [0.2, 0.25) is 0 Å². The van der Waals surface area contributed by atoms with Crippen LogP contribution in [0, 0.1) is 22.8 Å². The smallest absolute Gasteiger partial charge is 0.417 e. The zero-order valence-electron chi connectivity index (χ0n) is 20.6. The first-order chi connectivity index (χ1) is 16.9. The lowest BCUT2D eigenvalue weighted by atomic mass is 9.77. The molecule has 3 N–H and O–H groups in total. The summed E-state index contributed by atoms with van der Waals surface area (Å²) in [7, 11) is -3.32.